The van der Waals surface area contributed by atoms with Gasteiger partial charge < -0.3 is 10.2 Å². The summed E-state index contributed by atoms with van der Waals surface area (Å²) in [6.45, 7) is 3.56. The SMILES string of the molecule is CCN(Cc1ccccc1)c1ccc(C=NNC(=O)CNc2cccc(C(F)(F)F)c2)cc1. The van der Waals surface area contributed by atoms with Gasteiger partial charge in [0.15, 0.2) is 0 Å². The Bertz CT molecular complexity index is 1070. The quantitative estimate of drug-likeness (QED) is 0.341. The van der Waals surface area contributed by atoms with Crippen molar-refractivity contribution in [3.63, 3.8) is 0 Å². The van der Waals surface area contributed by atoms with Crippen LogP contribution in [0.1, 0.15) is 23.6 Å². The number of benzene rings is 3. The van der Waals surface area contributed by atoms with Gasteiger partial charge in [0.2, 0.25) is 0 Å². The fraction of sp³-hybridized carbons (Fsp3) is 0.200. The molecule has 1 amide bonds. The summed E-state index contributed by atoms with van der Waals surface area (Å²) in [6.07, 6.45) is -2.92. The number of anilines is 2. The van der Waals surface area contributed by atoms with Crippen molar-refractivity contribution in [2.24, 2.45) is 5.10 Å². The van der Waals surface area contributed by atoms with E-state index in [9.17, 15) is 18.0 Å². The van der Waals surface area contributed by atoms with Crippen LogP contribution in [0.4, 0.5) is 24.5 Å². The summed E-state index contributed by atoms with van der Waals surface area (Å²) in [7, 11) is 0. The van der Waals surface area contributed by atoms with Gasteiger partial charge in [0, 0.05) is 24.5 Å². The van der Waals surface area contributed by atoms with Crippen molar-refractivity contribution in [1.29, 1.82) is 0 Å². The Hall–Kier alpha value is -3.81. The number of alkyl halides is 3. The molecule has 2 N–H and O–H groups in total. The first-order valence-electron chi connectivity index (χ1n) is 10.5. The lowest BCUT2D eigenvalue weighted by Gasteiger charge is -2.23. The third-order valence-electron chi connectivity index (χ3n) is 4.90. The maximum absolute atomic E-state index is 12.8. The summed E-state index contributed by atoms with van der Waals surface area (Å²) < 4.78 is 38.3. The van der Waals surface area contributed by atoms with Crippen LogP contribution >= 0.6 is 0 Å². The largest absolute Gasteiger partial charge is 0.416 e. The Morgan fingerprint density at radius 1 is 1.00 bits per heavy atom. The van der Waals surface area contributed by atoms with Crippen molar-refractivity contribution in [3.8, 4) is 0 Å². The first-order valence-corrected chi connectivity index (χ1v) is 10.5. The van der Waals surface area contributed by atoms with E-state index in [1.54, 1.807) is 0 Å². The van der Waals surface area contributed by atoms with Crippen LogP contribution in [0.5, 0.6) is 0 Å². The van der Waals surface area contributed by atoms with E-state index in [0.717, 1.165) is 36.5 Å². The first-order chi connectivity index (χ1) is 15.8. The zero-order valence-corrected chi connectivity index (χ0v) is 18.1. The summed E-state index contributed by atoms with van der Waals surface area (Å²) >= 11 is 0. The van der Waals surface area contributed by atoms with Gasteiger partial charge in [0.25, 0.3) is 5.91 Å². The van der Waals surface area contributed by atoms with Crippen molar-refractivity contribution in [2.45, 2.75) is 19.6 Å². The number of hydrazone groups is 1. The monoisotopic (exact) mass is 454 g/mol. The topological polar surface area (TPSA) is 56.7 Å². The molecule has 172 valence electrons. The van der Waals surface area contributed by atoms with Gasteiger partial charge in [-0.3, -0.25) is 4.79 Å². The lowest BCUT2D eigenvalue weighted by Crippen LogP contribution is -2.26. The molecular formula is C25H25F3N4O. The fourth-order valence-electron chi connectivity index (χ4n) is 3.17. The van der Waals surface area contributed by atoms with E-state index in [0.29, 0.717) is 0 Å². The molecule has 0 saturated carbocycles. The van der Waals surface area contributed by atoms with E-state index in [1.807, 2.05) is 42.5 Å². The second-order valence-corrected chi connectivity index (χ2v) is 7.32. The fourth-order valence-corrected chi connectivity index (χ4v) is 3.17. The molecule has 33 heavy (non-hydrogen) atoms. The average Bonchev–Trinajstić information content (AvgIpc) is 2.82. The van der Waals surface area contributed by atoms with Crippen molar-refractivity contribution >= 4 is 23.5 Å². The van der Waals surface area contributed by atoms with E-state index in [1.165, 1.54) is 23.9 Å². The van der Waals surface area contributed by atoms with E-state index in [-0.39, 0.29) is 12.2 Å². The van der Waals surface area contributed by atoms with Crippen LogP contribution in [-0.2, 0) is 17.5 Å². The number of nitrogens with one attached hydrogen (secondary N) is 2. The molecule has 0 heterocycles. The minimum Gasteiger partial charge on any atom is -0.376 e. The van der Waals surface area contributed by atoms with Crippen LogP contribution < -0.4 is 15.6 Å². The maximum atomic E-state index is 12.8. The van der Waals surface area contributed by atoms with Crippen LogP contribution in [0.3, 0.4) is 0 Å². The van der Waals surface area contributed by atoms with Gasteiger partial charge in [-0.05, 0) is 48.4 Å². The van der Waals surface area contributed by atoms with Crippen LogP contribution in [0.15, 0.2) is 84.0 Å². The smallest absolute Gasteiger partial charge is 0.376 e. The molecule has 0 aliphatic heterocycles. The number of carbonyl (C=O) groups is 1. The van der Waals surface area contributed by atoms with Gasteiger partial charge in [0.05, 0.1) is 18.3 Å². The van der Waals surface area contributed by atoms with Gasteiger partial charge in [-0.15, -0.1) is 0 Å². The second kappa shape index (κ2) is 11.2. The highest BCUT2D eigenvalue weighted by Gasteiger charge is 2.30. The molecule has 3 aromatic rings. The minimum atomic E-state index is -4.44. The maximum Gasteiger partial charge on any atom is 0.416 e. The zero-order chi connectivity index (χ0) is 23.7. The molecule has 0 spiro atoms. The number of rotatable bonds is 9. The van der Waals surface area contributed by atoms with E-state index in [2.05, 4.69) is 39.8 Å². The van der Waals surface area contributed by atoms with Crippen LogP contribution in [0.2, 0.25) is 0 Å². The molecule has 0 saturated heterocycles. The van der Waals surface area contributed by atoms with Gasteiger partial charge in [0.1, 0.15) is 0 Å². The molecule has 8 heteroatoms. The number of halogens is 3. The third-order valence-corrected chi connectivity index (χ3v) is 4.90. The number of hydrogen-bond acceptors (Lipinski definition) is 4. The Morgan fingerprint density at radius 3 is 2.39 bits per heavy atom. The van der Waals surface area contributed by atoms with Crippen LogP contribution in [-0.4, -0.2) is 25.2 Å². The number of nitrogens with zero attached hydrogens (tertiary/aromatic N) is 2. The highest BCUT2D eigenvalue weighted by atomic mass is 19.4. The van der Waals surface area contributed by atoms with E-state index < -0.39 is 17.6 Å². The molecule has 0 radical (unpaired) electrons. The lowest BCUT2D eigenvalue weighted by atomic mass is 10.1. The van der Waals surface area contributed by atoms with Crippen molar-refractivity contribution in [2.75, 3.05) is 23.3 Å². The molecule has 5 nitrogen and oxygen atoms in total. The molecule has 0 unspecified atom stereocenters. The number of hydrogen-bond donors (Lipinski definition) is 2. The lowest BCUT2D eigenvalue weighted by molar-refractivity contribution is -0.137. The van der Waals surface area contributed by atoms with Gasteiger partial charge in [-0.1, -0.05) is 48.5 Å². The Morgan fingerprint density at radius 2 is 1.73 bits per heavy atom. The van der Waals surface area contributed by atoms with Crippen molar-refractivity contribution in [1.82, 2.24) is 5.43 Å². The number of amides is 1. The average molecular weight is 454 g/mol. The number of carbonyl (C=O) groups excluding carboxylic acids is 1. The summed E-state index contributed by atoms with van der Waals surface area (Å²) in [5.41, 5.74) is 4.90. The molecule has 0 bridgehead atoms. The van der Waals surface area contributed by atoms with Crippen molar-refractivity contribution in [3.05, 3.63) is 95.6 Å². The van der Waals surface area contributed by atoms with E-state index in [4.69, 9.17) is 0 Å². The summed E-state index contributed by atoms with van der Waals surface area (Å²) in [5.74, 6) is -0.472. The molecular weight excluding hydrogens is 429 g/mol. The standard InChI is InChI=1S/C25H25F3N4O/c1-2-32(18-20-7-4-3-5-8-20)23-13-11-19(12-14-23)16-30-31-24(33)17-29-22-10-6-9-21(15-22)25(26,27)28/h3-16,29H,2,17-18H2,1H3,(H,31,33). The first kappa shape index (κ1) is 23.8. The Kier molecular flexibility index (Phi) is 8.07. The predicted octanol–water partition coefficient (Wildman–Crippen LogP) is 5.29. The summed E-state index contributed by atoms with van der Waals surface area (Å²) in [5, 5.41) is 6.58. The Balaban J connectivity index is 1.49. The Labute approximate surface area is 190 Å². The van der Waals surface area contributed by atoms with Crippen LogP contribution in [0.25, 0.3) is 0 Å². The molecule has 0 fully saturated rings. The third kappa shape index (κ3) is 7.38. The normalized spacial score (nSPS) is 11.4. The summed E-state index contributed by atoms with van der Waals surface area (Å²) in [6, 6.07) is 22.7. The molecule has 0 atom stereocenters. The molecule has 0 aliphatic rings. The highest BCUT2D eigenvalue weighted by molar-refractivity contribution is 5.84. The van der Waals surface area contributed by atoms with Gasteiger partial charge >= 0.3 is 6.18 Å². The minimum absolute atomic E-state index is 0.204. The second-order valence-electron chi connectivity index (χ2n) is 7.32. The van der Waals surface area contributed by atoms with Gasteiger partial charge in [-0.2, -0.15) is 18.3 Å². The molecule has 0 aromatic heterocycles. The molecule has 3 rings (SSSR count). The molecule has 0 aliphatic carbocycles. The zero-order valence-electron chi connectivity index (χ0n) is 18.1. The van der Waals surface area contributed by atoms with Crippen molar-refractivity contribution < 1.29 is 18.0 Å². The van der Waals surface area contributed by atoms with Crippen LogP contribution in [0, 0.1) is 0 Å². The highest BCUT2D eigenvalue weighted by Crippen LogP contribution is 2.30. The molecule has 3 aromatic carbocycles. The van der Waals surface area contributed by atoms with Gasteiger partial charge in [-0.25, -0.2) is 5.43 Å². The van der Waals surface area contributed by atoms with E-state index >= 15 is 0 Å². The predicted molar refractivity (Wildman–Crippen MR) is 125 cm³/mol. The summed E-state index contributed by atoms with van der Waals surface area (Å²) in [4.78, 5) is 14.2.